The van der Waals surface area contributed by atoms with E-state index in [1.165, 1.54) is 16.7 Å². The quantitative estimate of drug-likeness (QED) is 0.768. The third-order valence-electron chi connectivity index (χ3n) is 2.42. The van der Waals surface area contributed by atoms with E-state index in [2.05, 4.69) is 62.4 Å². The summed E-state index contributed by atoms with van der Waals surface area (Å²) in [6.07, 6.45) is 2.16. The molecule has 0 saturated heterocycles. The second-order valence-corrected chi connectivity index (χ2v) is 5.93. The first-order valence-corrected chi connectivity index (χ1v) is 7.30. The molecule has 0 bridgehead atoms. The summed E-state index contributed by atoms with van der Waals surface area (Å²) in [5.41, 5.74) is 4.27. The van der Waals surface area contributed by atoms with E-state index >= 15 is 0 Å². The largest absolute Gasteiger partial charge is 0.305 e. The molecule has 1 aromatic carbocycles. The molecule has 96 valence electrons. The van der Waals surface area contributed by atoms with Crippen LogP contribution >= 0.6 is 11.8 Å². The molecule has 0 aliphatic rings. The van der Waals surface area contributed by atoms with E-state index in [9.17, 15) is 0 Å². The minimum absolute atomic E-state index is 1.02. The minimum Gasteiger partial charge on any atom is -0.305 e. The molecular formula is C14H24N2S. The molecule has 0 atom stereocenters. The van der Waals surface area contributed by atoms with Gasteiger partial charge in [0.15, 0.2) is 0 Å². The smallest absolute Gasteiger partial charge is 0.0227 e. The first-order valence-electron chi connectivity index (χ1n) is 5.91. The Morgan fingerprint density at radius 1 is 0.824 bits per heavy atom. The molecule has 3 heteroatoms. The number of benzene rings is 1. The molecule has 0 aliphatic carbocycles. The van der Waals surface area contributed by atoms with Gasteiger partial charge in [-0.2, -0.15) is 11.8 Å². The molecule has 0 N–H and O–H groups in total. The van der Waals surface area contributed by atoms with E-state index in [1.54, 1.807) is 0 Å². The van der Waals surface area contributed by atoms with Crippen molar-refractivity contribution in [2.24, 2.45) is 0 Å². The highest BCUT2D eigenvalue weighted by atomic mass is 32.2. The van der Waals surface area contributed by atoms with Crippen molar-refractivity contribution in [3.8, 4) is 0 Å². The zero-order valence-corrected chi connectivity index (χ0v) is 12.5. The Morgan fingerprint density at radius 2 is 1.24 bits per heavy atom. The summed E-state index contributed by atoms with van der Waals surface area (Å²) in [7, 11) is 8.47. The van der Waals surface area contributed by atoms with Crippen LogP contribution in [0.15, 0.2) is 18.2 Å². The summed E-state index contributed by atoms with van der Waals surface area (Å²) >= 11 is 1.88. The normalized spacial score (nSPS) is 11.5. The molecule has 2 nitrogen and oxygen atoms in total. The molecule has 0 radical (unpaired) electrons. The van der Waals surface area contributed by atoms with Crippen molar-refractivity contribution in [1.82, 2.24) is 9.80 Å². The summed E-state index contributed by atoms with van der Waals surface area (Å²) in [4.78, 5) is 4.44. The number of hydrogen-bond donors (Lipinski definition) is 0. The Labute approximate surface area is 110 Å². The van der Waals surface area contributed by atoms with Crippen LogP contribution in [-0.2, 0) is 18.8 Å². The van der Waals surface area contributed by atoms with Crippen molar-refractivity contribution in [1.29, 1.82) is 0 Å². The van der Waals surface area contributed by atoms with Gasteiger partial charge in [0.2, 0.25) is 0 Å². The summed E-state index contributed by atoms with van der Waals surface area (Å²) in [6, 6.07) is 6.98. The van der Waals surface area contributed by atoms with E-state index in [1.807, 2.05) is 11.8 Å². The predicted octanol–water partition coefficient (Wildman–Crippen LogP) is 2.67. The first-order chi connectivity index (χ1) is 8.01. The molecular weight excluding hydrogens is 228 g/mol. The van der Waals surface area contributed by atoms with Crippen LogP contribution in [0, 0.1) is 0 Å². The van der Waals surface area contributed by atoms with Gasteiger partial charge in [-0.1, -0.05) is 18.2 Å². The highest BCUT2D eigenvalue weighted by molar-refractivity contribution is 7.97. The van der Waals surface area contributed by atoms with Crippen LogP contribution in [0.25, 0.3) is 0 Å². The van der Waals surface area contributed by atoms with Crippen LogP contribution in [0.1, 0.15) is 16.7 Å². The van der Waals surface area contributed by atoms with Crippen molar-refractivity contribution < 1.29 is 0 Å². The van der Waals surface area contributed by atoms with E-state index < -0.39 is 0 Å². The molecule has 0 aromatic heterocycles. The molecule has 0 unspecified atom stereocenters. The number of hydrogen-bond acceptors (Lipinski definition) is 3. The third kappa shape index (κ3) is 5.57. The summed E-state index contributed by atoms with van der Waals surface area (Å²) in [5, 5.41) is 0. The average Bonchev–Trinajstić information content (AvgIpc) is 2.14. The van der Waals surface area contributed by atoms with E-state index in [0.29, 0.717) is 0 Å². The zero-order valence-electron chi connectivity index (χ0n) is 11.7. The lowest BCUT2D eigenvalue weighted by atomic mass is 10.1. The lowest BCUT2D eigenvalue weighted by Crippen LogP contribution is -2.13. The molecule has 17 heavy (non-hydrogen) atoms. The molecule has 0 heterocycles. The third-order valence-corrected chi connectivity index (χ3v) is 3.04. The Bertz CT molecular complexity index is 320. The molecule has 0 spiro atoms. The molecule has 1 aromatic rings. The fraction of sp³-hybridized carbons (Fsp3) is 0.571. The van der Waals surface area contributed by atoms with Crippen molar-refractivity contribution in [3.63, 3.8) is 0 Å². The van der Waals surface area contributed by atoms with Crippen LogP contribution in [0.3, 0.4) is 0 Å². The van der Waals surface area contributed by atoms with Crippen molar-refractivity contribution >= 4 is 11.8 Å². The lowest BCUT2D eigenvalue weighted by Gasteiger charge is -2.15. The van der Waals surface area contributed by atoms with Crippen molar-refractivity contribution in [2.45, 2.75) is 18.8 Å². The minimum atomic E-state index is 1.02. The predicted molar refractivity (Wildman–Crippen MR) is 78.4 cm³/mol. The van der Waals surface area contributed by atoms with Crippen molar-refractivity contribution in [2.75, 3.05) is 34.4 Å². The van der Waals surface area contributed by atoms with Gasteiger partial charge in [0.1, 0.15) is 0 Å². The van der Waals surface area contributed by atoms with Crippen LogP contribution in [-0.4, -0.2) is 44.2 Å². The number of thioether (sulfide) groups is 1. The summed E-state index contributed by atoms with van der Waals surface area (Å²) < 4.78 is 0. The Kier molecular flexibility index (Phi) is 6.03. The lowest BCUT2D eigenvalue weighted by molar-refractivity contribution is 0.395. The SMILES string of the molecule is CSCc1cc(CN(C)C)cc(CN(C)C)c1. The molecule has 0 aliphatic heterocycles. The molecule has 1 rings (SSSR count). The number of nitrogens with zero attached hydrogens (tertiary/aromatic N) is 2. The molecule has 0 amide bonds. The number of rotatable bonds is 6. The summed E-state index contributed by atoms with van der Waals surface area (Å²) in [5.74, 6) is 1.10. The fourth-order valence-electron chi connectivity index (χ4n) is 2.00. The Morgan fingerprint density at radius 3 is 1.59 bits per heavy atom. The monoisotopic (exact) mass is 252 g/mol. The van der Waals surface area contributed by atoms with Gasteiger partial charge in [-0.3, -0.25) is 0 Å². The van der Waals surface area contributed by atoms with Gasteiger partial charge in [0, 0.05) is 18.8 Å². The van der Waals surface area contributed by atoms with Crippen molar-refractivity contribution in [3.05, 3.63) is 34.9 Å². The van der Waals surface area contributed by atoms with Crippen LogP contribution in [0.2, 0.25) is 0 Å². The first kappa shape index (κ1) is 14.6. The van der Waals surface area contributed by atoms with Gasteiger partial charge < -0.3 is 9.80 Å². The zero-order chi connectivity index (χ0) is 12.8. The van der Waals surface area contributed by atoms with Gasteiger partial charge in [0.05, 0.1) is 0 Å². The van der Waals surface area contributed by atoms with Crippen LogP contribution in [0.4, 0.5) is 0 Å². The maximum absolute atomic E-state index is 2.33. The maximum Gasteiger partial charge on any atom is 0.0227 e. The van der Waals surface area contributed by atoms with Crippen LogP contribution < -0.4 is 0 Å². The van der Waals surface area contributed by atoms with Gasteiger partial charge in [-0.25, -0.2) is 0 Å². The standard InChI is InChI=1S/C14H24N2S/c1-15(2)9-12-6-13(10-16(3)4)8-14(7-12)11-17-5/h6-8H,9-11H2,1-5H3. The highest BCUT2D eigenvalue weighted by Crippen LogP contribution is 2.17. The van der Waals surface area contributed by atoms with E-state index in [0.717, 1.165) is 18.8 Å². The van der Waals surface area contributed by atoms with Gasteiger partial charge in [0.25, 0.3) is 0 Å². The maximum atomic E-state index is 2.33. The average molecular weight is 252 g/mol. The van der Waals surface area contributed by atoms with Gasteiger partial charge in [-0.15, -0.1) is 0 Å². The molecule has 0 fully saturated rings. The summed E-state index contributed by atoms with van der Waals surface area (Å²) in [6.45, 7) is 2.03. The second-order valence-electron chi connectivity index (χ2n) is 5.07. The Balaban J connectivity index is 2.91. The molecule has 0 saturated carbocycles. The topological polar surface area (TPSA) is 6.48 Å². The van der Waals surface area contributed by atoms with E-state index in [4.69, 9.17) is 0 Å². The fourth-order valence-corrected chi connectivity index (χ4v) is 2.50. The van der Waals surface area contributed by atoms with Crippen LogP contribution in [0.5, 0.6) is 0 Å². The highest BCUT2D eigenvalue weighted by Gasteiger charge is 2.03. The van der Waals surface area contributed by atoms with E-state index in [-0.39, 0.29) is 0 Å². The Hall–Kier alpha value is -0.510. The second kappa shape index (κ2) is 7.04. The van der Waals surface area contributed by atoms with Gasteiger partial charge in [-0.05, 0) is 51.1 Å². The van der Waals surface area contributed by atoms with Gasteiger partial charge >= 0.3 is 0 Å².